The monoisotopic (exact) mass is 179 g/mol. The number of hydrogen-bond donors (Lipinski definition) is 1. The molecule has 1 rings (SSSR count). The van der Waals surface area contributed by atoms with Crippen molar-refractivity contribution in [1.29, 1.82) is 0 Å². The Morgan fingerprint density at radius 2 is 2.31 bits per heavy atom. The van der Waals surface area contributed by atoms with Crippen LogP contribution in [0.4, 0.5) is 0 Å². The zero-order valence-corrected chi connectivity index (χ0v) is 8.11. The summed E-state index contributed by atoms with van der Waals surface area (Å²) in [6.45, 7) is 2.69. The van der Waals surface area contributed by atoms with E-state index in [0.29, 0.717) is 0 Å². The topological polar surface area (TPSA) is 42.1 Å². The summed E-state index contributed by atoms with van der Waals surface area (Å²) in [5.41, 5.74) is 6.54. The highest BCUT2D eigenvalue weighted by molar-refractivity contribution is 5.02. The fraction of sp³-hybridized carbons (Fsp3) is 0.500. The Balaban J connectivity index is 2.32. The van der Waals surface area contributed by atoms with Crippen molar-refractivity contribution in [3.05, 3.63) is 30.1 Å². The van der Waals surface area contributed by atoms with E-state index in [9.17, 15) is 0 Å². The van der Waals surface area contributed by atoms with Gasteiger partial charge in [-0.2, -0.15) is 0 Å². The van der Waals surface area contributed by atoms with Crippen LogP contribution in [0.5, 0.6) is 0 Å². The molecule has 0 spiro atoms. The van der Waals surface area contributed by atoms with Crippen molar-refractivity contribution in [3.63, 3.8) is 0 Å². The van der Waals surface area contributed by atoms with Crippen molar-refractivity contribution in [2.45, 2.75) is 13.0 Å². The Kier molecular flexibility index (Phi) is 4.43. The molecule has 0 saturated carbocycles. The lowest BCUT2D eigenvalue weighted by Crippen LogP contribution is -2.21. The minimum absolute atomic E-state index is 0.757. The Morgan fingerprint density at radius 3 is 2.92 bits per heavy atom. The summed E-state index contributed by atoms with van der Waals surface area (Å²) in [6.07, 6.45) is 2.87. The van der Waals surface area contributed by atoms with E-state index >= 15 is 0 Å². The number of nitrogens with zero attached hydrogens (tertiary/aromatic N) is 2. The first-order valence-corrected chi connectivity index (χ1v) is 4.61. The van der Waals surface area contributed by atoms with Crippen molar-refractivity contribution >= 4 is 0 Å². The van der Waals surface area contributed by atoms with Crippen LogP contribution in [0.2, 0.25) is 0 Å². The summed E-state index contributed by atoms with van der Waals surface area (Å²) < 4.78 is 0. The molecular formula is C10H17N3. The molecule has 2 N–H and O–H groups in total. The summed E-state index contributed by atoms with van der Waals surface area (Å²) in [7, 11) is 2.09. The van der Waals surface area contributed by atoms with Crippen LogP contribution < -0.4 is 5.73 Å². The average molecular weight is 179 g/mol. The lowest BCUT2D eigenvalue weighted by atomic mass is 10.3. The van der Waals surface area contributed by atoms with E-state index < -0.39 is 0 Å². The van der Waals surface area contributed by atoms with Crippen molar-refractivity contribution in [1.82, 2.24) is 9.88 Å². The molecule has 0 bridgehead atoms. The van der Waals surface area contributed by atoms with Crippen molar-refractivity contribution < 1.29 is 0 Å². The number of nitrogens with two attached hydrogens (primary N) is 1. The minimum atomic E-state index is 0.757. The van der Waals surface area contributed by atoms with Crippen molar-refractivity contribution in [2.75, 3.05) is 20.1 Å². The smallest absolute Gasteiger partial charge is 0.0543 e. The first-order chi connectivity index (χ1) is 6.33. The molecule has 0 aliphatic rings. The van der Waals surface area contributed by atoms with Gasteiger partial charge in [0.05, 0.1) is 5.69 Å². The molecule has 0 unspecified atom stereocenters. The predicted molar refractivity (Wildman–Crippen MR) is 54.2 cm³/mol. The van der Waals surface area contributed by atoms with Crippen LogP contribution in [0.1, 0.15) is 12.1 Å². The van der Waals surface area contributed by atoms with Crippen LogP contribution in [-0.2, 0) is 6.54 Å². The average Bonchev–Trinajstić information content (AvgIpc) is 2.16. The third-order valence-electron chi connectivity index (χ3n) is 1.90. The maximum absolute atomic E-state index is 5.43. The maximum Gasteiger partial charge on any atom is 0.0543 e. The van der Waals surface area contributed by atoms with Gasteiger partial charge < -0.3 is 10.6 Å². The van der Waals surface area contributed by atoms with E-state index in [1.54, 1.807) is 0 Å². The van der Waals surface area contributed by atoms with E-state index in [-0.39, 0.29) is 0 Å². The highest BCUT2D eigenvalue weighted by Gasteiger charge is 1.98. The molecule has 0 radical (unpaired) electrons. The van der Waals surface area contributed by atoms with Crippen LogP contribution in [-0.4, -0.2) is 30.0 Å². The molecule has 0 aliphatic carbocycles. The minimum Gasteiger partial charge on any atom is -0.330 e. The fourth-order valence-corrected chi connectivity index (χ4v) is 1.21. The molecule has 1 heterocycles. The van der Waals surface area contributed by atoms with Crippen molar-refractivity contribution in [2.24, 2.45) is 5.73 Å². The Labute approximate surface area is 79.6 Å². The molecule has 72 valence electrons. The van der Waals surface area contributed by atoms with Gasteiger partial charge in [0.25, 0.3) is 0 Å². The third kappa shape index (κ3) is 4.01. The molecule has 3 heteroatoms. The van der Waals surface area contributed by atoms with Crippen LogP contribution in [0, 0.1) is 0 Å². The van der Waals surface area contributed by atoms with Gasteiger partial charge in [-0.15, -0.1) is 0 Å². The van der Waals surface area contributed by atoms with E-state index in [1.807, 2.05) is 24.4 Å². The lowest BCUT2D eigenvalue weighted by molar-refractivity contribution is 0.320. The summed E-state index contributed by atoms with van der Waals surface area (Å²) in [6, 6.07) is 5.99. The highest BCUT2D eigenvalue weighted by atomic mass is 15.1. The SMILES string of the molecule is CN(CCCN)Cc1ccccn1. The Morgan fingerprint density at radius 1 is 1.46 bits per heavy atom. The van der Waals surface area contributed by atoms with Crippen LogP contribution in [0.25, 0.3) is 0 Å². The number of pyridine rings is 1. The molecule has 3 nitrogen and oxygen atoms in total. The Bertz CT molecular complexity index is 223. The molecule has 13 heavy (non-hydrogen) atoms. The number of rotatable bonds is 5. The van der Waals surface area contributed by atoms with Gasteiger partial charge in [-0.05, 0) is 38.7 Å². The van der Waals surface area contributed by atoms with Crippen LogP contribution in [0.15, 0.2) is 24.4 Å². The zero-order chi connectivity index (χ0) is 9.52. The van der Waals surface area contributed by atoms with E-state index in [0.717, 1.165) is 31.7 Å². The molecule has 0 amide bonds. The quantitative estimate of drug-likeness (QED) is 0.729. The first kappa shape index (κ1) is 10.2. The predicted octanol–water partition coefficient (Wildman–Crippen LogP) is 0.862. The van der Waals surface area contributed by atoms with Gasteiger partial charge in [0.1, 0.15) is 0 Å². The molecule has 0 atom stereocenters. The third-order valence-corrected chi connectivity index (χ3v) is 1.90. The van der Waals surface area contributed by atoms with Gasteiger partial charge >= 0.3 is 0 Å². The zero-order valence-electron chi connectivity index (χ0n) is 8.11. The second-order valence-electron chi connectivity index (χ2n) is 3.20. The van der Waals surface area contributed by atoms with Gasteiger partial charge in [-0.3, -0.25) is 4.98 Å². The van der Waals surface area contributed by atoms with Gasteiger partial charge in [-0.25, -0.2) is 0 Å². The van der Waals surface area contributed by atoms with Gasteiger partial charge in [0.15, 0.2) is 0 Å². The van der Waals surface area contributed by atoms with Gasteiger partial charge in [0, 0.05) is 12.7 Å². The normalized spacial score (nSPS) is 10.7. The van der Waals surface area contributed by atoms with Crippen LogP contribution in [0.3, 0.4) is 0 Å². The molecule has 1 aromatic heterocycles. The summed E-state index contributed by atoms with van der Waals surface area (Å²) in [4.78, 5) is 6.49. The van der Waals surface area contributed by atoms with E-state index in [4.69, 9.17) is 5.73 Å². The highest BCUT2D eigenvalue weighted by Crippen LogP contribution is 1.98. The summed E-state index contributed by atoms with van der Waals surface area (Å²) in [5.74, 6) is 0. The molecule has 0 aromatic carbocycles. The van der Waals surface area contributed by atoms with Gasteiger partial charge in [-0.1, -0.05) is 6.07 Å². The number of hydrogen-bond acceptors (Lipinski definition) is 3. The first-order valence-electron chi connectivity index (χ1n) is 4.61. The van der Waals surface area contributed by atoms with E-state index in [1.165, 1.54) is 0 Å². The lowest BCUT2D eigenvalue weighted by Gasteiger charge is -2.14. The molecular weight excluding hydrogens is 162 g/mol. The molecule has 0 saturated heterocycles. The molecule has 0 aliphatic heterocycles. The standard InChI is InChI=1S/C10H17N3/c1-13(8-4-6-11)9-10-5-2-3-7-12-10/h2-3,5,7H,4,6,8-9,11H2,1H3. The van der Waals surface area contributed by atoms with E-state index in [2.05, 4.69) is 16.9 Å². The summed E-state index contributed by atoms with van der Waals surface area (Å²) >= 11 is 0. The fourth-order valence-electron chi connectivity index (χ4n) is 1.21. The second-order valence-corrected chi connectivity index (χ2v) is 3.20. The largest absolute Gasteiger partial charge is 0.330 e. The maximum atomic E-state index is 5.43. The van der Waals surface area contributed by atoms with Crippen LogP contribution >= 0.6 is 0 Å². The Hall–Kier alpha value is -0.930. The number of aromatic nitrogens is 1. The molecule has 1 aromatic rings. The van der Waals surface area contributed by atoms with Gasteiger partial charge in [0.2, 0.25) is 0 Å². The summed E-state index contributed by atoms with van der Waals surface area (Å²) in [5, 5.41) is 0. The van der Waals surface area contributed by atoms with Crippen molar-refractivity contribution in [3.8, 4) is 0 Å². The molecule has 0 fully saturated rings. The second kappa shape index (κ2) is 5.67.